The van der Waals surface area contributed by atoms with E-state index >= 15 is 0 Å². The van der Waals surface area contributed by atoms with Crippen molar-refractivity contribution in [2.75, 3.05) is 13.7 Å². The number of aromatic nitrogens is 3. The van der Waals surface area contributed by atoms with Gasteiger partial charge in [0.25, 0.3) is 0 Å². The first-order valence-corrected chi connectivity index (χ1v) is 7.05. The van der Waals surface area contributed by atoms with E-state index in [1.54, 1.807) is 24.2 Å². The van der Waals surface area contributed by atoms with Gasteiger partial charge in [0.2, 0.25) is 5.91 Å². The minimum Gasteiger partial charge on any atom is -0.497 e. The second kappa shape index (κ2) is 5.95. The Morgan fingerprint density at radius 2 is 2.38 bits per heavy atom. The van der Waals surface area contributed by atoms with Crippen molar-refractivity contribution >= 4 is 5.91 Å². The summed E-state index contributed by atoms with van der Waals surface area (Å²) in [5.41, 5.74) is 1.12. The molecule has 0 radical (unpaired) electrons. The summed E-state index contributed by atoms with van der Waals surface area (Å²) in [4.78, 5) is 14.4. The third-order valence-corrected chi connectivity index (χ3v) is 3.82. The number of amides is 1. The first-order valence-electron chi connectivity index (χ1n) is 7.05. The molecule has 1 unspecified atom stereocenters. The molecule has 110 valence electrons. The summed E-state index contributed by atoms with van der Waals surface area (Å²) in [6, 6.07) is 8.06. The molecule has 1 aliphatic heterocycles. The van der Waals surface area contributed by atoms with E-state index in [9.17, 15) is 4.79 Å². The monoisotopic (exact) mass is 286 g/mol. The van der Waals surface area contributed by atoms with Gasteiger partial charge in [-0.25, -0.2) is 4.68 Å². The maximum atomic E-state index is 12.5. The lowest BCUT2D eigenvalue weighted by Gasteiger charge is -2.25. The van der Waals surface area contributed by atoms with Gasteiger partial charge >= 0.3 is 0 Å². The third kappa shape index (κ3) is 2.89. The van der Waals surface area contributed by atoms with Crippen LogP contribution in [0.15, 0.2) is 36.7 Å². The van der Waals surface area contributed by atoms with Crippen molar-refractivity contribution in [2.45, 2.75) is 25.4 Å². The number of hydrogen-bond acceptors (Lipinski definition) is 4. The number of nitrogens with zero attached hydrogens (tertiary/aromatic N) is 4. The van der Waals surface area contributed by atoms with E-state index in [0.717, 1.165) is 30.7 Å². The minimum absolute atomic E-state index is 0.0748. The molecular weight excluding hydrogens is 268 g/mol. The Balaban J connectivity index is 1.76. The molecular formula is C15H18N4O2. The molecule has 21 heavy (non-hydrogen) atoms. The first-order chi connectivity index (χ1) is 10.3. The molecule has 0 saturated carbocycles. The van der Waals surface area contributed by atoms with Crippen molar-refractivity contribution in [3.05, 3.63) is 42.2 Å². The molecule has 0 aliphatic carbocycles. The number of likely N-dealkylation sites (tertiary alicyclic amines) is 1. The fraction of sp³-hybridized carbons (Fsp3) is 0.400. The zero-order chi connectivity index (χ0) is 14.7. The van der Waals surface area contributed by atoms with Crippen molar-refractivity contribution in [1.29, 1.82) is 0 Å². The highest BCUT2D eigenvalue weighted by atomic mass is 16.5. The van der Waals surface area contributed by atoms with Crippen molar-refractivity contribution in [3.8, 4) is 5.75 Å². The maximum Gasteiger partial charge on any atom is 0.244 e. The molecule has 0 N–H and O–H groups in total. The van der Waals surface area contributed by atoms with Gasteiger partial charge in [-0.1, -0.05) is 17.3 Å². The Labute approximate surface area is 123 Å². The molecule has 1 atom stereocenters. The molecule has 1 aromatic carbocycles. The summed E-state index contributed by atoms with van der Waals surface area (Å²) in [5.74, 6) is 0.897. The lowest BCUT2D eigenvalue weighted by Crippen LogP contribution is -2.33. The highest BCUT2D eigenvalue weighted by Crippen LogP contribution is 2.33. The van der Waals surface area contributed by atoms with Crippen LogP contribution in [0.25, 0.3) is 0 Å². The van der Waals surface area contributed by atoms with Crippen LogP contribution in [-0.4, -0.2) is 39.5 Å². The Hall–Kier alpha value is -2.37. The van der Waals surface area contributed by atoms with E-state index in [1.807, 2.05) is 29.2 Å². The fourth-order valence-electron chi connectivity index (χ4n) is 2.81. The number of ether oxygens (including phenoxy) is 1. The van der Waals surface area contributed by atoms with Crippen LogP contribution in [0.2, 0.25) is 0 Å². The number of rotatable bonds is 4. The van der Waals surface area contributed by atoms with Gasteiger partial charge in [-0.3, -0.25) is 4.79 Å². The average Bonchev–Trinajstić information content (AvgIpc) is 3.18. The van der Waals surface area contributed by atoms with E-state index in [1.165, 1.54) is 0 Å². The quantitative estimate of drug-likeness (QED) is 0.857. The Bertz CT molecular complexity index is 612. The van der Waals surface area contributed by atoms with Crippen LogP contribution in [0, 0.1) is 0 Å². The van der Waals surface area contributed by atoms with E-state index in [4.69, 9.17) is 4.74 Å². The number of carbonyl (C=O) groups excluding carboxylic acids is 1. The number of benzene rings is 1. The molecule has 2 aromatic rings. The van der Waals surface area contributed by atoms with Crippen molar-refractivity contribution in [3.63, 3.8) is 0 Å². The molecule has 0 spiro atoms. The van der Waals surface area contributed by atoms with E-state index in [0.29, 0.717) is 0 Å². The van der Waals surface area contributed by atoms with Gasteiger partial charge in [-0.05, 0) is 30.5 Å². The van der Waals surface area contributed by atoms with E-state index in [2.05, 4.69) is 10.3 Å². The first kappa shape index (κ1) is 13.6. The van der Waals surface area contributed by atoms with Gasteiger partial charge < -0.3 is 9.64 Å². The standard InChI is InChI=1S/C15H18N4O2/c1-21-13-5-2-4-12(10-13)14-6-3-8-19(14)15(20)11-18-9-7-16-17-18/h2,4-5,7,9-10,14H,3,6,8,11H2,1H3. The molecule has 6 nitrogen and oxygen atoms in total. The van der Waals surface area contributed by atoms with E-state index in [-0.39, 0.29) is 18.5 Å². The molecule has 1 aromatic heterocycles. The average molecular weight is 286 g/mol. The highest BCUT2D eigenvalue weighted by Gasteiger charge is 2.30. The Morgan fingerprint density at radius 1 is 1.48 bits per heavy atom. The zero-order valence-electron chi connectivity index (χ0n) is 12.0. The van der Waals surface area contributed by atoms with Gasteiger partial charge in [0.05, 0.1) is 19.3 Å². The maximum absolute atomic E-state index is 12.5. The number of hydrogen-bond donors (Lipinski definition) is 0. The van der Waals surface area contributed by atoms with E-state index < -0.39 is 0 Å². The van der Waals surface area contributed by atoms with Crippen molar-refractivity contribution in [2.24, 2.45) is 0 Å². The van der Waals surface area contributed by atoms with Crippen LogP contribution >= 0.6 is 0 Å². The molecule has 0 bridgehead atoms. The second-order valence-corrected chi connectivity index (χ2v) is 5.12. The lowest BCUT2D eigenvalue weighted by atomic mass is 10.0. The highest BCUT2D eigenvalue weighted by molar-refractivity contribution is 5.76. The van der Waals surface area contributed by atoms with Gasteiger partial charge in [0.15, 0.2) is 0 Å². The minimum atomic E-state index is 0.0748. The molecule has 3 rings (SSSR count). The SMILES string of the molecule is COc1cccc(C2CCCN2C(=O)Cn2ccnn2)c1. The molecule has 1 amide bonds. The predicted molar refractivity (Wildman–Crippen MR) is 76.7 cm³/mol. The molecule has 1 fully saturated rings. The zero-order valence-corrected chi connectivity index (χ0v) is 12.0. The predicted octanol–water partition coefficient (Wildman–Crippen LogP) is 1.65. The Kier molecular flexibility index (Phi) is 3.85. The summed E-state index contributed by atoms with van der Waals surface area (Å²) < 4.78 is 6.83. The van der Waals surface area contributed by atoms with Crippen LogP contribution in [0.5, 0.6) is 5.75 Å². The lowest BCUT2D eigenvalue weighted by molar-refractivity contribution is -0.133. The van der Waals surface area contributed by atoms with Crippen LogP contribution in [0.4, 0.5) is 0 Å². The van der Waals surface area contributed by atoms with Crippen LogP contribution in [0.1, 0.15) is 24.4 Å². The molecule has 1 saturated heterocycles. The summed E-state index contributed by atoms with van der Waals surface area (Å²) in [6.45, 7) is 1.02. The molecule has 6 heteroatoms. The third-order valence-electron chi connectivity index (χ3n) is 3.82. The summed E-state index contributed by atoms with van der Waals surface area (Å²) >= 11 is 0. The summed E-state index contributed by atoms with van der Waals surface area (Å²) in [6.07, 6.45) is 5.28. The van der Waals surface area contributed by atoms with Gasteiger partial charge in [0.1, 0.15) is 12.3 Å². The second-order valence-electron chi connectivity index (χ2n) is 5.12. The van der Waals surface area contributed by atoms with Crippen LogP contribution in [-0.2, 0) is 11.3 Å². The van der Waals surface area contributed by atoms with Crippen molar-refractivity contribution < 1.29 is 9.53 Å². The van der Waals surface area contributed by atoms with Gasteiger partial charge in [-0.2, -0.15) is 0 Å². The topological polar surface area (TPSA) is 60.2 Å². The van der Waals surface area contributed by atoms with Gasteiger partial charge in [-0.15, -0.1) is 5.10 Å². The summed E-state index contributed by atoms with van der Waals surface area (Å²) in [5, 5.41) is 7.58. The molecule has 2 heterocycles. The number of methoxy groups -OCH3 is 1. The van der Waals surface area contributed by atoms with Crippen LogP contribution in [0.3, 0.4) is 0 Å². The normalized spacial score (nSPS) is 18.0. The smallest absolute Gasteiger partial charge is 0.244 e. The largest absolute Gasteiger partial charge is 0.497 e. The van der Waals surface area contributed by atoms with Crippen molar-refractivity contribution in [1.82, 2.24) is 19.9 Å². The Morgan fingerprint density at radius 3 is 3.14 bits per heavy atom. The number of carbonyl (C=O) groups is 1. The molecule has 1 aliphatic rings. The fourth-order valence-corrected chi connectivity index (χ4v) is 2.81. The van der Waals surface area contributed by atoms with Crippen LogP contribution < -0.4 is 4.74 Å². The van der Waals surface area contributed by atoms with Gasteiger partial charge in [0, 0.05) is 12.7 Å². The summed E-state index contributed by atoms with van der Waals surface area (Å²) in [7, 11) is 1.65.